The number of ether oxygens (including phenoxy) is 3. The average molecular weight is 330 g/mol. The monoisotopic (exact) mass is 330 g/mol. The van der Waals surface area contributed by atoms with E-state index >= 15 is 0 Å². The van der Waals surface area contributed by atoms with Crippen molar-refractivity contribution in [1.29, 1.82) is 0 Å². The number of methoxy groups -OCH3 is 2. The fraction of sp³-hybridized carbons (Fsp3) is 0.462. The molecule has 1 N–H and O–H groups in total. The van der Waals surface area contributed by atoms with E-state index in [1.807, 2.05) is 0 Å². The van der Waals surface area contributed by atoms with Crippen molar-refractivity contribution in [2.75, 3.05) is 40.5 Å². The van der Waals surface area contributed by atoms with Gasteiger partial charge in [0.05, 0.1) is 20.8 Å². The highest BCUT2D eigenvalue weighted by atomic mass is 32.2. The van der Waals surface area contributed by atoms with Crippen molar-refractivity contribution in [1.82, 2.24) is 9.62 Å². The minimum absolute atomic E-state index is 0.0137. The van der Waals surface area contributed by atoms with Crippen LogP contribution in [0.4, 0.5) is 4.79 Å². The van der Waals surface area contributed by atoms with Crippen LogP contribution in [0.3, 0.4) is 0 Å². The van der Waals surface area contributed by atoms with Gasteiger partial charge in [-0.25, -0.2) is 17.9 Å². The van der Waals surface area contributed by atoms with E-state index in [1.54, 1.807) is 0 Å². The van der Waals surface area contributed by atoms with Crippen LogP contribution in [-0.2, 0) is 14.8 Å². The van der Waals surface area contributed by atoms with Crippen molar-refractivity contribution >= 4 is 16.1 Å². The Morgan fingerprint density at radius 3 is 2.68 bits per heavy atom. The van der Waals surface area contributed by atoms with Gasteiger partial charge in [-0.05, 0) is 12.1 Å². The van der Waals surface area contributed by atoms with Crippen LogP contribution in [-0.4, -0.2) is 59.9 Å². The van der Waals surface area contributed by atoms with Gasteiger partial charge in [-0.15, -0.1) is 0 Å². The molecule has 0 unspecified atom stereocenters. The molecule has 22 heavy (non-hydrogen) atoms. The fourth-order valence-electron chi connectivity index (χ4n) is 2.02. The largest absolute Gasteiger partial charge is 0.497 e. The maximum atomic E-state index is 12.3. The van der Waals surface area contributed by atoms with Crippen LogP contribution in [0.2, 0.25) is 0 Å². The normalized spacial score (nSPS) is 14.8. The number of hydrogen-bond acceptors (Lipinski definition) is 6. The van der Waals surface area contributed by atoms with Gasteiger partial charge in [0.15, 0.2) is 0 Å². The summed E-state index contributed by atoms with van der Waals surface area (Å²) in [7, 11) is -0.881. The molecule has 1 heterocycles. The Balaban J connectivity index is 2.05. The maximum absolute atomic E-state index is 12.3. The molecule has 0 radical (unpaired) electrons. The smallest absolute Gasteiger partial charge is 0.409 e. The SMILES string of the molecule is COc1ccc(S(=O)(=O)NCCN2CCOC2=O)c(OC)c1. The molecule has 122 valence electrons. The third kappa shape index (κ3) is 3.60. The first-order valence-electron chi connectivity index (χ1n) is 6.61. The molecule has 0 atom stereocenters. The molecule has 1 aromatic rings. The number of rotatable bonds is 7. The number of hydrogen-bond donors (Lipinski definition) is 1. The van der Waals surface area contributed by atoms with E-state index in [-0.39, 0.29) is 23.7 Å². The van der Waals surface area contributed by atoms with Crippen molar-refractivity contribution in [3.8, 4) is 11.5 Å². The Kier molecular flexibility index (Phi) is 5.09. The maximum Gasteiger partial charge on any atom is 0.409 e. The third-order valence-corrected chi connectivity index (χ3v) is 4.68. The molecule has 0 aromatic heterocycles. The molecular formula is C13H18N2O6S. The second kappa shape index (κ2) is 6.84. The van der Waals surface area contributed by atoms with E-state index in [9.17, 15) is 13.2 Å². The zero-order chi connectivity index (χ0) is 16.2. The fourth-order valence-corrected chi connectivity index (χ4v) is 3.19. The summed E-state index contributed by atoms with van der Waals surface area (Å²) >= 11 is 0. The topological polar surface area (TPSA) is 94.2 Å². The van der Waals surface area contributed by atoms with Crippen LogP contribution in [0.5, 0.6) is 11.5 Å². The lowest BCUT2D eigenvalue weighted by Gasteiger charge is -2.14. The van der Waals surface area contributed by atoms with Crippen LogP contribution in [0.15, 0.2) is 23.1 Å². The molecule has 1 aromatic carbocycles. The van der Waals surface area contributed by atoms with Gasteiger partial charge in [-0.3, -0.25) is 0 Å². The molecule has 1 fully saturated rings. The summed E-state index contributed by atoms with van der Waals surface area (Å²) < 4.78 is 41.9. The predicted octanol–water partition coefficient (Wildman–Crippen LogP) is 0.434. The van der Waals surface area contributed by atoms with Gasteiger partial charge in [0, 0.05) is 19.2 Å². The number of nitrogens with zero attached hydrogens (tertiary/aromatic N) is 1. The van der Waals surface area contributed by atoms with Crippen LogP contribution in [0, 0.1) is 0 Å². The predicted molar refractivity (Wildman–Crippen MR) is 77.7 cm³/mol. The zero-order valence-electron chi connectivity index (χ0n) is 12.4. The number of carbonyl (C=O) groups excluding carboxylic acids is 1. The van der Waals surface area contributed by atoms with Crippen LogP contribution in [0.25, 0.3) is 0 Å². The van der Waals surface area contributed by atoms with E-state index in [1.165, 1.54) is 37.3 Å². The summed E-state index contributed by atoms with van der Waals surface area (Å²) in [5.41, 5.74) is 0. The van der Waals surface area contributed by atoms with Crippen molar-refractivity contribution in [2.45, 2.75) is 4.90 Å². The quantitative estimate of drug-likeness (QED) is 0.779. The summed E-state index contributed by atoms with van der Waals surface area (Å²) in [5.74, 6) is 0.683. The molecule has 8 nitrogen and oxygen atoms in total. The van der Waals surface area contributed by atoms with E-state index in [0.29, 0.717) is 18.9 Å². The van der Waals surface area contributed by atoms with E-state index in [0.717, 1.165) is 0 Å². The van der Waals surface area contributed by atoms with Crippen molar-refractivity contribution in [3.63, 3.8) is 0 Å². The van der Waals surface area contributed by atoms with Crippen LogP contribution in [0.1, 0.15) is 0 Å². The summed E-state index contributed by atoms with van der Waals surface area (Å²) in [5, 5.41) is 0. The van der Waals surface area contributed by atoms with Crippen LogP contribution < -0.4 is 14.2 Å². The van der Waals surface area contributed by atoms with E-state index in [2.05, 4.69) is 4.72 Å². The average Bonchev–Trinajstić information content (AvgIpc) is 2.91. The number of sulfonamides is 1. The molecular weight excluding hydrogens is 312 g/mol. The molecule has 9 heteroatoms. The molecule has 2 rings (SSSR count). The zero-order valence-corrected chi connectivity index (χ0v) is 13.2. The summed E-state index contributed by atoms with van der Waals surface area (Å²) in [6.45, 7) is 1.13. The first-order valence-corrected chi connectivity index (χ1v) is 8.09. The standard InChI is InChI=1S/C13H18N2O6S/c1-19-10-3-4-12(11(9-10)20-2)22(17,18)14-5-6-15-7-8-21-13(15)16/h3-4,9,14H,5-8H2,1-2H3. The number of nitrogens with one attached hydrogen (secondary N) is 1. The molecule has 0 aliphatic carbocycles. The molecule has 0 saturated carbocycles. The highest BCUT2D eigenvalue weighted by Crippen LogP contribution is 2.28. The molecule has 0 bridgehead atoms. The highest BCUT2D eigenvalue weighted by molar-refractivity contribution is 7.89. The molecule has 1 aliphatic heterocycles. The Morgan fingerprint density at radius 1 is 1.32 bits per heavy atom. The number of amides is 1. The van der Waals surface area contributed by atoms with Gasteiger partial charge >= 0.3 is 6.09 Å². The lowest BCUT2D eigenvalue weighted by molar-refractivity contribution is 0.159. The van der Waals surface area contributed by atoms with Crippen LogP contribution >= 0.6 is 0 Å². The highest BCUT2D eigenvalue weighted by Gasteiger charge is 2.23. The number of cyclic esters (lactones) is 1. The van der Waals surface area contributed by atoms with Gasteiger partial charge < -0.3 is 19.1 Å². The number of benzene rings is 1. The third-order valence-electron chi connectivity index (χ3n) is 3.18. The van der Waals surface area contributed by atoms with Gasteiger partial charge in [0.1, 0.15) is 23.0 Å². The lowest BCUT2D eigenvalue weighted by Crippen LogP contribution is -2.35. The van der Waals surface area contributed by atoms with E-state index in [4.69, 9.17) is 14.2 Å². The molecule has 1 aliphatic rings. The Hall–Kier alpha value is -2.00. The van der Waals surface area contributed by atoms with Gasteiger partial charge in [0.25, 0.3) is 0 Å². The molecule has 0 spiro atoms. The first kappa shape index (κ1) is 16.4. The summed E-state index contributed by atoms with van der Waals surface area (Å²) in [6.07, 6.45) is -0.429. The molecule has 1 amide bonds. The van der Waals surface area contributed by atoms with Crippen molar-refractivity contribution < 1.29 is 27.4 Å². The lowest BCUT2D eigenvalue weighted by atomic mass is 10.3. The van der Waals surface area contributed by atoms with Gasteiger partial charge in [0.2, 0.25) is 10.0 Å². The van der Waals surface area contributed by atoms with Gasteiger partial charge in [-0.1, -0.05) is 0 Å². The first-order chi connectivity index (χ1) is 10.5. The Labute approximate surface area is 129 Å². The minimum Gasteiger partial charge on any atom is -0.497 e. The van der Waals surface area contributed by atoms with Gasteiger partial charge in [-0.2, -0.15) is 0 Å². The summed E-state index contributed by atoms with van der Waals surface area (Å²) in [6, 6.07) is 4.44. The second-order valence-corrected chi connectivity index (χ2v) is 6.25. The molecule has 1 saturated heterocycles. The summed E-state index contributed by atoms with van der Waals surface area (Å²) in [4.78, 5) is 12.7. The minimum atomic E-state index is -3.75. The van der Waals surface area contributed by atoms with E-state index < -0.39 is 16.1 Å². The van der Waals surface area contributed by atoms with Crippen molar-refractivity contribution in [3.05, 3.63) is 18.2 Å². The van der Waals surface area contributed by atoms with Crippen molar-refractivity contribution in [2.24, 2.45) is 0 Å². The number of carbonyl (C=O) groups is 1. The Morgan fingerprint density at radius 2 is 2.09 bits per heavy atom. The Bertz CT molecular complexity index is 646. The second-order valence-electron chi connectivity index (χ2n) is 4.52.